The van der Waals surface area contributed by atoms with Crippen molar-refractivity contribution in [2.45, 2.75) is 26.7 Å². The Hall–Kier alpha value is -2.04. The number of amides is 1. The molecule has 1 saturated heterocycles. The van der Waals surface area contributed by atoms with Crippen LogP contribution in [-0.2, 0) is 4.79 Å². The van der Waals surface area contributed by atoms with Crippen LogP contribution >= 0.6 is 0 Å². The molecule has 0 aromatic heterocycles. The van der Waals surface area contributed by atoms with Crippen molar-refractivity contribution in [2.75, 3.05) is 24.5 Å². The van der Waals surface area contributed by atoms with Crippen molar-refractivity contribution < 1.29 is 14.7 Å². The Labute approximate surface area is 125 Å². The Balaban J connectivity index is 2.03. The van der Waals surface area contributed by atoms with Gasteiger partial charge in [-0.1, -0.05) is 6.07 Å². The molecule has 1 aliphatic heterocycles. The van der Waals surface area contributed by atoms with E-state index in [1.165, 1.54) is 6.92 Å². The van der Waals surface area contributed by atoms with E-state index < -0.39 is 5.97 Å². The standard InChI is InChI=1S/C16H22N2O3/c1-11-3-4-14(16(20)21)15(9-11)18-7-5-13(6-8-18)10-17-12(2)19/h3-4,9,13H,5-8,10H2,1-2H3,(H,17,19)(H,20,21). The summed E-state index contributed by atoms with van der Waals surface area (Å²) in [4.78, 5) is 24.4. The van der Waals surface area contributed by atoms with Gasteiger partial charge in [0.15, 0.2) is 0 Å². The highest BCUT2D eigenvalue weighted by atomic mass is 16.4. The van der Waals surface area contributed by atoms with Gasteiger partial charge < -0.3 is 15.3 Å². The van der Waals surface area contributed by atoms with Gasteiger partial charge in [-0.05, 0) is 43.4 Å². The smallest absolute Gasteiger partial charge is 0.337 e. The summed E-state index contributed by atoms with van der Waals surface area (Å²) in [6.45, 7) is 5.87. The van der Waals surface area contributed by atoms with E-state index in [2.05, 4.69) is 10.2 Å². The minimum absolute atomic E-state index is 0.00396. The molecule has 0 radical (unpaired) electrons. The first-order chi connectivity index (χ1) is 9.97. The van der Waals surface area contributed by atoms with Crippen molar-refractivity contribution >= 4 is 17.6 Å². The van der Waals surface area contributed by atoms with Gasteiger partial charge in [-0.15, -0.1) is 0 Å². The van der Waals surface area contributed by atoms with Gasteiger partial charge in [0, 0.05) is 26.6 Å². The highest BCUT2D eigenvalue weighted by molar-refractivity contribution is 5.94. The molecule has 5 heteroatoms. The number of carbonyl (C=O) groups is 2. The van der Waals surface area contributed by atoms with Gasteiger partial charge >= 0.3 is 5.97 Å². The van der Waals surface area contributed by atoms with Crippen LogP contribution in [0.5, 0.6) is 0 Å². The average molecular weight is 290 g/mol. The van der Waals surface area contributed by atoms with E-state index in [0.29, 0.717) is 18.0 Å². The second-order valence-corrected chi connectivity index (χ2v) is 5.69. The Morgan fingerprint density at radius 3 is 2.57 bits per heavy atom. The Morgan fingerprint density at radius 2 is 2.00 bits per heavy atom. The molecule has 5 nitrogen and oxygen atoms in total. The number of hydrogen-bond acceptors (Lipinski definition) is 3. The van der Waals surface area contributed by atoms with E-state index in [-0.39, 0.29) is 5.91 Å². The number of aromatic carboxylic acids is 1. The van der Waals surface area contributed by atoms with Crippen LogP contribution in [0.3, 0.4) is 0 Å². The van der Waals surface area contributed by atoms with Crippen molar-refractivity contribution in [3.05, 3.63) is 29.3 Å². The van der Waals surface area contributed by atoms with Crippen LogP contribution < -0.4 is 10.2 Å². The van der Waals surface area contributed by atoms with Gasteiger partial charge in [-0.25, -0.2) is 4.79 Å². The van der Waals surface area contributed by atoms with E-state index >= 15 is 0 Å². The molecular formula is C16H22N2O3. The molecule has 21 heavy (non-hydrogen) atoms. The van der Waals surface area contributed by atoms with E-state index in [4.69, 9.17) is 0 Å². The number of nitrogens with zero attached hydrogens (tertiary/aromatic N) is 1. The second kappa shape index (κ2) is 6.61. The van der Waals surface area contributed by atoms with E-state index in [1.807, 2.05) is 19.1 Å². The Kier molecular flexibility index (Phi) is 4.83. The monoisotopic (exact) mass is 290 g/mol. The third-order valence-electron chi connectivity index (χ3n) is 3.98. The summed E-state index contributed by atoms with van der Waals surface area (Å²) in [6, 6.07) is 5.45. The lowest BCUT2D eigenvalue weighted by molar-refractivity contribution is -0.119. The zero-order chi connectivity index (χ0) is 15.4. The molecule has 1 aromatic rings. The van der Waals surface area contributed by atoms with Gasteiger partial charge in [-0.3, -0.25) is 4.79 Å². The number of rotatable bonds is 4. The van der Waals surface area contributed by atoms with Crippen LogP contribution in [0, 0.1) is 12.8 Å². The quantitative estimate of drug-likeness (QED) is 0.890. The maximum Gasteiger partial charge on any atom is 0.337 e. The van der Waals surface area contributed by atoms with Crippen LogP contribution in [0.4, 0.5) is 5.69 Å². The fourth-order valence-electron chi connectivity index (χ4n) is 2.75. The first-order valence-electron chi connectivity index (χ1n) is 7.30. The molecule has 1 amide bonds. The summed E-state index contributed by atoms with van der Waals surface area (Å²) in [5.41, 5.74) is 2.23. The number of nitrogens with one attached hydrogen (secondary N) is 1. The number of anilines is 1. The fraction of sp³-hybridized carbons (Fsp3) is 0.500. The number of piperidine rings is 1. The Bertz CT molecular complexity index is 534. The van der Waals surface area contributed by atoms with Crippen molar-refractivity contribution in [1.82, 2.24) is 5.32 Å². The lowest BCUT2D eigenvalue weighted by Crippen LogP contribution is -2.38. The van der Waals surface area contributed by atoms with E-state index in [1.54, 1.807) is 6.07 Å². The zero-order valence-electron chi connectivity index (χ0n) is 12.6. The molecule has 0 aliphatic carbocycles. The van der Waals surface area contributed by atoms with Gasteiger partial charge in [0.1, 0.15) is 0 Å². The molecule has 0 bridgehead atoms. The van der Waals surface area contributed by atoms with Crippen LogP contribution in [0.1, 0.15) is 35.7 Å². The number of carbonyl (C=O) groups excluding carboxylic acids is 1. The largest absolute Gasteiger partial charge is 0.478 e. The minimum Gasteiger partial charge on any atom is -0.478 e. The summed E-state index contributed by atoms with van der Waals surface area (Å²) in [7, 11) is 0. The average Bonchev–Trinajstić information content (AvgIpc) is 2.45. The summed E-state index contributed by atoms with van der Waals surface area (Å²) in [5, 5.41) is 12.2. The third-order valence-corrected chi connectivity index (χ3v) is 3.98. The topological polar surface area (TPSA) is 69.6 Å². The molecule has 1 aliphatic rings. The van der Waals surface area contributed by atoms with Crippen molar-refractivity contribution in [2.24, 2.45) is 5.92 Å². The van der Waals surface area contributed by atoms with Gasteiger partial charge in [-0.2, -0.15) is 0 Å². The first kappa shape index (κ1) is 15.4. The highest BCUT2D eigenvalue weighted by Crippen LogP contribution is 2.27. The summed E-state index contributed by atoms with van der Waals surface area (Å²) in [6.07, 6.45) is 1.93. The van der Waals surface area contributed by atoms with Crippen molar-refractivity contribution in [3.8, 4) is 0 Å². The number of aryl methyl sites for hydroxylation is 1. The molecular weight excluding hydrogens is 268 g/mol. The highest BCUT2D eigenvalue weighted by Gasteiger charge is 2.22. The predicted molar refractivity (Wildman–Crippen MR) is 81.8 cm³/mol. The minimum atomic E-state index is -0.884. The maximum atomic E-state index is 11.3. The summed E-state index contributed by atoms with van der Waals surface area (Å²) >= 11 is 0. The number of carboxylic acids is 1. The normalized spacial score (nSPS) is 15.8. The number of carboxylic acid groups (broad SMARTS) is 1. The number of hydrogen-bond donors (Lipinski definition) is 2. The maximum absolute atomic E-state index is 11.3. The summed E-state index contributed by atoms with van der Waals surface area (Å²) in [5.74, 6) is -0.405. The van der Waals surface area contributed by atoms with Gasteiger partial charge in [0.05, 0.1) is 11.3 Å². The summed E-state index contributed by atoms with van der Waals surface area (Å²) < 4.78 is 0. The molecule has 0 saturated carbocycles. The predicted octanol–water partition coefficient (Wildman–Crippen LogP) is 2.05. The van der Waals surface area contributed by atoms with Gasteiger partial charge in [0.25, 0.3) is 0 Å². The van der Waals surface area contributed by atoms with Gasteiger partial charge in [0.2, 0.25) is 5.91 Å². The van der Waals surface area contributed by atoms with Crippen LogP contribution in [0.2, 0.25) is 0 Å². The molecule has 2 rings (SSSR count). The molecule has 1 aromatic carbocycles. The molecule has 2 N–H and O–H groups in total. The molecule has 0 unspecified atom stereocenters. The zero-order valence-corrected chi connectivity index (χ0v) is 12.6. The van der Waals surface area contributed by atoms with Crippen molar-refractivity contribution in [3.63, 3.8) is 0 Å². The lowest BCUT2D eigenvalue weighted by atomic mass is 9.95. The first-order valence-corrected chi connectivity index (χ1v) is 7.30. The number of benzene rings is 1. The molecule has 1 fully saturated rings. The van der Waals surface area contributed by atoms with E-state index in [9.17, 15) is 14.7 Å². The Morgan fingerprint density at radius 1 is 1.33 bits per heavy atom. The third kappa shape index (κ3) is 3.97. The lowest BCUT2D eigenvalue weighted by Gasteiger charge is -2.34. The van der Waals surface area contributed by atoms with Crippen LogP contribution in [-0.4, -0.2) is 36.6 Å². The fourth-order valence-corrected chi connectivity index (χ4v) is 2.75. The van der Waals surface area contributed by atoms with E-state index in [0.717, 1.165) is 37.2 Å². The second-order valence-electron chi connectivity index (χ2n) is 5.69. The molecule has 1 heterocycles. The molecule has 114 valence electrons. The van der Waals surface area contributed by atoms with Crippen molar-refractivity contribution in [1.29, 1.82) is 0 Å². The van der Waals surface area contributed by atoms with Crippen LogP contribution in [0.15, 0.2) is 18.2 Å². The SMILES string of the molecule is CC(=O)NCC1CCN(c2cc(C)ccc2C(=O)O)CC1. The molecule has 0 atom stereocenters. The van der Waals surface area contributed by atoms with Crippen LogP contribution in [0.25, 0.3) is 0 Å². The molecule has 0 spiro atoms.